The quantitative estimate of drug-likeness (QED) is 0.0794. The van der Waals surface area contributed by atoms with Crippen LogP contribution in [0.15, 0.2) is 60.9 Å². The van der Waals surface area contributed by atoms with Crippen molar-refractivity contribution in [2.45, 2.75) is 123 Å². The first kappa shape index (κ1) is 35.1. The Labute approximate surface area is 266 Å². The Hall–Kier alpha value is -3.41. The topological polar surface area (TPSA) is 70.5 Å². The van der Waals surface area contributed by atoms with Crippen LogP contribution >= 0.6 is 0 Å². The van der Waals surface area contributed by atoms with E-state index in [0.717, 1.165) is 48.3 Å². The minimum Gasteiger partial charge on any atom is -0.494 e. The average Bonchev–Trinajstić information content (AvgIpc) is 3.05. The summed E-state index contributed by atoms with van der Waals surface area (Å²) in [6.45, 7) is 7.33. The van der Waals surface area contributed by atoms with Crippen molar-refractivity contribution in [3.8, 4) is 34.0 Å². The van der Waals surface area contributed by atoms with Crippen molar-refractivity contribution < 1.29 is 19.0 Å². The van der Waals surface area contributed by atoms with E-state index in [1.165, 1.54) is 70.6 Å². The molecule has 240 valence electrons. The summed E-state index contributed by atoms with van der Waals surface area (Å²) < 4.78 is 17.2. The monoisotopic (exact) mass is 602 g/mol. The highest BCUT2D eigenvalue weighted by molar-refractivity contribution is 5.69. The Bertz CT molecular complexity index is 1160. The third-order valence-corrected chi connectivity index (χ3v) is 7.78. The number of hydrogen-bond acceptors (Lipinski definition) is 6. The lowest BCUT2D eigenvalue weighted by molar-refractivity contribution is -0.149. The van der Waals surface area contributed by atoms with Gasteiger partial charge >= 0.3 is 5.97 Å². The predicted octanol–water partition coefficient (Wildman–Crippen LogP) is 10.4. The van der Waals surface area contributed by atoms with Gasteiger partial charge in [-0.15, -0.1) is 0 Å². The van der Waals surface area contributed by atoms with Gasteiger partial charge in [0.2, 0.25) is 0 Å². The van der Waals surface area contributed by atoms with Crippen LogP contribution < -0.4 is 9.47 Å². The largest absolute Gasteiger partial charge is 0.494 e. The highest BCUT2D eigenvalue weighted by Gasteiger charge is 2.11. The second kappa shape index (κ2) is 21.3. The second-order valence-electron chi connectivity index (χ2n) is 11.8. The molecule has 0 amide bonds. The summed E-state index contributed by atoms with van der Waals surface area (Å²) in [7, 11) is 0. The fourth-order valence-electron chi connectivity index (χ4n) is 5.10. The van der Waals surface area contributed by atoms with Gasteiger partial charge in [0.25, 0.3) is 0 Å². The normalized spacial score (nSPS) is 11.7. The first-order valence-corrected chi connectivity index (χ1v) is 17.1. The highest BCUT2D eigenvalue weighted by atomic mass is 16.6. The van der Waals surface area contributed by atoms with Crippen LogP contribution in [0.5, 0.6) is 11.5 Å². The number of unbranched alkanes of at least 4 members (excludes halogenated alkanes) is 12. The van der Waals surface area contributed by atoms with E-state index in [1.54, 1.807) is 12.4 Å². The zero-order chi connectivity index (χ0) is 31.2. The van der Waals surface area contributed by atoms with Crippen molar-refractivity contribution in [1.82, 2.24) is 9.97 Å². The first-order valence-electron chi connectivity index (χ1n) is 17.1. The van der Waals surface area contributed by atoms with Crippen molar-refractivity contribution >= 4 is 5.97 Å². The molecule has 0 spiro atoms. The number of hydrogen-bond donors (Lipinski definition) is 0. The van der Waals surface area contributed by atoms with E-state index in [4.69, 9.17) is 14.2 Å². The highest BCUT2D eigenvalue weighted by Crippen LogP contribution is 2.26. The summed E-state index contributed by atoms with van der Waals surface area (Å²) in [5, 5.41) is 0. The van der Waals surface area contributed by atoms with Crippen LogP contribution in [0, 0.1) is 0 Å². The van der Waals surface area contributed by atoms with Gasteiger partial charge in [-0.3, -0.25) is 4.79 Å². The van der Waals surface area contributed by atoms with Gasteiger partial charge in [-0.2, -0.15) is 0 Å². The van der Waals surface area contributed by atoms with Crippen molar-refractivity contribution in [2.24, 2.45) is 0 Å². The fourth-order valence-corrected chi connectivity index (χ4v) is 5.10. The molecular weight excluding hydrogens is 548 g/mol. The third-order valence-electron chi connectivity index (χ3n) is 7.78. The second-order valence-corrected chi connectivity index (χ2v) is 11.8. The zero-order valence-corrected chi connectivity index (χ0v) is 27.4. The van der Waals surface area contributed by atoms with Gasteiger partial charge in [-0.25, -0.2) is 9.97 Å². The van der Waals surface area contributed by atoms with Crippen LogP contribution in [0.1, 0.15) is 117 Å². The Morgan fingerprint density at radius 2 is 1.11 bits per heavy atom. The molecule has 0 radical (unpaired) electrons. The molecule has 6 nitrogen and oxygen atoms in total. The molecule has 0 aliphatic carbocycles. The van der Waals surface area contributed by atoms with Crippen molar-refractivity contribution in [3.63, 3.8) is 0 Å². The summed E-state index contributed by atoms with van der Waals surface area (Å²) in [5.74, 6) is 1.94. The lowest BCUT2D eigenvalue weighted by Gasteiger charge is -2.14. The van der Waals surface area contributed by atoms with Crippen molar-refractivity contribution in [3.05, 3.63) is 60.9 Å². The zero-order valence-electron chi connectivity index (χ0n) is 27.4. The van der Waals surface area contributed by atoms with E-state index in [0.29, 0.717) is 18.0 Å². The van der Waals surface area contributed by atoms with E-state index in [-0.39, 0.29) is 18.7 Å². The van der Waals surface area contributed by atoms with Gasteiger partial charge in [0, 0.05) is 12.0 Å². The Kier molecular flexibility index (Phi) is 17.0. The lowest BCUT2D eigenvalue weighted by atomic mass is 10.0. The summed E-state index contributed by atoms with van der Waals surface area (Å²) in [6, 6.07) is 16.5. The van der Waals surface area contributed by atoms with Crippen LogP contribution in [0.2, 0.25) is 0 Å². The standard InChI is InChI=1S/C38H54N2O4/c1-4-6-8-10-11-12-13-15-17-27-42-35-25-23-33(24-26-35)32-19-21-34(22-20-32)38-39-28-36(29-40-38)43-30-31(3)44-37(41)18-16-14-9-7-5-2/h19-26,28-29,31H,4-18,27,30H2,1-3H3/t31-/m0/s1. The number of benzene rings is 2. The summed E-state index contributed by atoms with van der Waals surface area (Å²) >= 11 is 0. The van der Waals surface area contributed by atoms with E-state index in [1.807, 2.05) is 19.1 Å². The maximum Gasteiger partial charge on any atom is 0.306 e. The molecular formula is C38H54N2O4. The van der Waals surface area contributed by atoms with Gasteiger partial charge in [-0.1, -0.05) is 127 Å². The van der Waals surface area contributed by atoms with Gasteiger partial charge in [0.1, 0.15) is 18.5 Å². The van der Waals surface area contributed by atoms with E-state index in [2.05, 4.69) is 60.2 Å². The molecule has 0 N–H and O–H groups in total. The van der Waals surface area contributed by atoms with Crippen molar-refractivity contribution in [2.75, 3.05) is 13.2 Å². The molecule has 0 fully saturated rings. The fraction of sp³-hybridized carbons (Fsp3) is 0.553. The molecule has 0 aliphatic heterocycles. The number of nitrogens with zero attached hydrogens (tertiary/aromatic N) is 2. The molecule has 0 unspecified atom stereocenters. The van der Waals surface area contributed by atoms with E-state index in [9.17, 15) is 4.79 Å². The van der Waals surface area contributed by atoms with Gasteiger partial charge in [0.05, 0.1) is 19.0 Å². The molecule has 0 saturated carbocycles. The number of esters is 1. The molecule has 1 aromatic heterocycles. The maximum absolute atomic E-state index is 12.0. The predicted molar refractivity (Wildman–Crippen MR) is 180 cm³/mol. The Morgan fingerprint density at radius 3 is 1.70 bits per heavy atom. The molecule has 0 bridgehead atoms. The number of aromatic nitrogens is 2. The average molecular weight is 603 g/mol. The minimum atomic E-state index is -0.328. The van der Waals surface area contributed by atoms with E-state index >= 15 is 0 Å². The first-order chi connectivity index (χ1) is 21.6. The lowest BCUT2D eigenvalue weighted by Crippen LogP contribution is -2.22. The van der Waals surface area contributed by atoms with Crippen LogP contribution in [0.3, 0.4) is 0 Å². The third kappa shape index (κ3) is 13.9. The Morgan fingerprint density at radius 1 is 0.614 bits per heavy atom. The molecule has 6 heteroatoms. The minimum absolute atomic E-state index is 0.165. The summed E-state index contributed by atoms with van der Waals surface area (Å²) in [6.07, 6.45) is 20.8. The molecule has 44 heavy (non-hydrogen) atoms. The van der Waals surface area contributed by atoms with Gasteiger partial charge < -0.3 is 14.2 Å². The van der Waals surface area contributed by atoms with Crippen LogP contribution in [0.4, 0.5) is 0 Å². The molecule has 0 aliphatic rings. The smallest absolute Gasteiger partial charge is 0.306 e. The molecule has 1 atom stereocenters. The molecule has 3 rings (SSSR count). The number of carbonyl (C=O) groups excluding carboxylic acids is 1. The van der Waals surface area contributed by atoms with E-state index < -0.39 is 0 Å². The van der Waals surface area contributed by atoms with Crippen LogP contribution in [-0.4, -0.2) is 35.3 Å². The summed E-state index contributed by atoms with van der Waals surface area (Å²) in [4.78, 5) is 21.0. The van der Waals surface area contributed by atoms with Crippen LogP contribution in [0.25, 0.3) is 22.5 Å². The van der Waals surface area contributed by atoms with Gasteiger partial charge in [0.15, 0.2) is 11.6 Å². The maximum atomic E-state index is 12.0. The summed E-state index contributed by atoms with van der Waals surface area (Å²) in [5.41, 5.74) is 3.20. The number of ether oxygens (including phenoxy) is 3. The molecule has 2 aromatic carbocycles. The van der Waals surface area contributed by atoms with Gasteiger partial charge in [-0.05, 0) is 43.0 Å². The van der Waals surface area contributed by atoms with Crippen LogP contribution in [-0.2, 0) is 9.53 Å². The number of carbonyl (C=O) groups is 1. The Balaban J connectivity index is 1.35. The van der Waals surface area contributed by atoms with Crippen molar-refractivity contribution in [1.29, 1.82) is 0 Å². The molecule has 0 saturated heterocycles. The SMILES string of the molecule is CCCCCCCCCCCOc1ccc(-c2ccc(-c3ncc(OC[C@H](C)OC(=O)CCCCCCC)cn3)cc2)cc1. The molecule has 1 heterocycles. The molecule has 3 aromatic rings. The number of rotatable bonds is 23.